The number of nitrogens with zero attached hydrogens (tertiary/aromatic N) is 1. The third kappa shape index (κ3) is 8.73. The highest BCUT2D eigenvalue weighted by Crippen LogP contribution is 2.27. The van der Waals surface area contributed by atoms with E-state index < -0.39 is 10.0 Å². The molecule has 2 rings (SSSR count). The molecule has 0 unspecified atom stereocenters. The number of hydrogen-bond acceptors (Lipinski definition) is 4. The van der Waals surface area contributed by atoms with Gasteiger partial charge in [0.15, 0.2) is 0 Å². The first-order valence-electron chi connectivity index (χ1n) is 9.60. The van der Waals surface area contributed by atoms with Gasteiger partial charge >= 0.3 is 0 Å². The van der Waals surface area contributed by atoms with Crippen LogP contribution in [0.1, 0.15) is 24.0 Å². The van der Waals surface area contributed by atoms with Crippen LogP contribution in [0.15, 0.2) is 36.4 Å². The summed E-state index contributed by atoms with van der Waals surface area (Å²) in [6, 6.07) is 10.5. The lowest BCUT2D eigenvalue weighted by atomic mass is 10.2. The van der Waals surface area contributed by atoms with Crippen LogP contribution in [0.2, 0.25) is 15.1 Å². The van der Waals surface area contributed by atoms with Gasteiger partial charge in [-0.3, -0.25) is 9.10 Å². The molecule has 0 saturated carbocycles. The molecule has 31 heavy (non-hydrogen) atoms. The summed E-state index contributed by atoms with van der Waals surface area (Å²) >= 11 is 19.7. The minimum absolute atomic E-state index is 0.110. The number of hydrogen-bond donors (Lipinski definition) is 1. The molecule has 0 spiro atoms. The Morgan fingerprint density at radius 3 is 2.45 bits per heavy atom. The van der Waals surface area contributed by atoms with Crippen molar-refractivity contribution < 1.29 is 13.2 Å². The Balaban J connectivity index is 1.75. The number of aryl methyl sites for hydroxylation is 1. The van der Waals surface area contributed by atoms with Gasteiger partial charge in [0.25, 0.3) is 0 Å². The summed E-state index contributed by atoms with van der Waals surface area (Å²) in [5, 5.41) is 4.56. The summed E-state index contributed by atoms with van der Waals surface area (Å²) in [4.78, 5) is 12.1. The molecular formula is C21H25Cl3N2O3S2. The van der Waals surface area contributed by atoms with E-state index in [9.17, 15) is 13.2 Å². The lowest BCUT2D eigenvalue weighted by Crippen LogP contribution is -2.33. The van der Waals surface area contributed by atoms with Gasteiger partial charge in [0, 0.05) is 46.1 Å². The van der Waals surface area contributed by atoms with Gasteiger partial charge in [0.1, 0.15) is 0 Å². The number of thioether (sulfide) groups is 1. The highest BCUT2D eigenvalue weighted by atomic mass is 35.5. The molecule has 0 aliphatic carbocycles. The zero-order valence-corrected chi connectivity index (χ0v) is 21.2. The SMILES string of the molecule is Cc1ccc(Cl)cc1N(CCCC(=O)NCCSCc1ccc(Cl)cc1Cl)S(C)(=O)=O. The number of anilines is 1. The van der Waals surface area contributed by atoms with E-state index in [-0.39, 0.29) is 18.9 Å². The Hall–Kier alpha value is -1.12. The summed E-state index contributed by atoms with van der Waals surface area (Å²) in [7, 11) is -3.49. The molecule has 0 heterocycles. The Labute approximate surface area is 203 Å². The maximum absolute atomic E-state index is 12.2. The van der Waals surface area contributed by atoms with Gasteiger partial charge in [-0.15, -0.1) is 0 Å². The smallest absolute Gasteiger partial charge is 0.232 e. The average Bonchev–Trinajstić information content (AvgIpc) is 2.67. The van der Waals surface area contributed by atoms with E-state index in [0.29, 0.717) is 33.7 Å². The molecule has 0 saturated heterocycles. The quantitative estimate of drug-likeness (QED) is 0.392. The van der Waals surface area contributed by atoms with E-state index in [0.717, 1.165) is 28.9 Å². The number of benzene rings is 2. The fourth-order valence-electron chi connectivity index (χ4n) is 2.87. The van der Waals surface area contributed by atoms with Crippen molar-refractivity contribution in [2.75, 3.05) is 29.4 Å². The van der Waals surface area contributed by atoms with Gasteiger partial charge in [-0.05, 0) is 48.7 Å². The van der Waals surface area contributed by atoms with Crippen LogP contribution in [-0.2, 0) is 20.6 Å². The van der Waals surface area contributed by atoms with E-state index in [1.807, 2.05) is 13.0 Å². The summed E-state index contributed by atoms with van der Waals surface area (Å²) in [6.45, 7) is 2.56. The number of carbonyl (C=O) groups is 1. The molecule has 5 nitrogen and oxygen atoms in total. The maximum atomic E-state index is 12.2. The predicted molar refractivity (Wildman–Crippen MR) is 133 cm³/mol. The zero-order valence-electron chi connectivity index (χ0n) is 17.3. The van der Waals surface area contributed by atoms with E-state index in [1.54, 1.807) is 42.1 Å². The first-order chi connectivity index (χ1) is 14.6. The molecule has 1 amide bonds. The van der Waals surface area contributed by atoms with Gasteiger partial charge in [-0.2, -0.15) is 11.8 Å². The molecular weight excluding hydrogens is 499 g/mol. The lowest BCUT2D eigenvalue weighted by molar-refractivity contribution is -0.121. The molecule has 1 N–H and O–H groups in total. The molecule has 0 atom stereocenters. The highest BCUT2D eigenvalue weighted by Gasteiger charge is 2.19. The molecule has 2 aromatic carbocycles. The highest BCUT2D eigenvalue weighted by molar-refractivity contribution is 7.98. The maximum Gasteiger partial charge on any atom is 0.232 e. The molecule has 0 bridgehead atoms. The van der Waals surface area contributed by atoms with Crippen molar-refractivity contribution in [1.29, 1.82) is 0 Å². The van der Waals surface area contributed by atoms with Crippen molar-refractivity contribution in [3.63, 3.8) is 0 Å². The number of carbonyl (C=O) groups excluding carboxylic acids is 1. The number of halogens is 3. The topological polar surface area (TPSA) is 66.5 Å². The molecule has 2 aromatic rings. The Morgan fingerprint density at radius 2 is 1.77 bits per heavy atom. The summed E-state index contributed by atoms with van der Waals surface area (Å²) < 4.78 is 25.8. The number of rotatable bonds is 11. The van der Waals surface area contributed by atoms with Gasteiger partial charge in [-0.25, -0.2) is 8.42 Å². The number of nitrogens with one attached hydrogen (secondary N) is 1. The third-order valence-corrected chi connectivity index (χ3v) is 7.46. The summed E-state index contributed by atoms with van der Waals surface area (Å²) in [5.74, 6) is 1.36. The lowest BCUT2D eigenvalue weighted by Gasteiger charge is -2.24. The predicted octanol–water partition coefficient (Wildman–Crippen LogP) is 5.55. The van der Waals surface area contributed by atoms with Crippen LogP contribution in [0.4, 0.5) is 5.69 Å². The van der Waals surface area contributed by atoms with E-state index in [2.05, 4.69) is 5.32 Å². The zero-order chi connectivity index (χ0) is 23.0. The van der Waals surface area contributed by atoms with Crippen LogP contribution in [0, 0.1) is 6.92 Å². The number of amides is 1. The van der Waals surface area contributed by atoms with Crippen LogP contribution in [0.3, 0.4) is 0 Å². The summed E-state index contributed by atoms with van der Waals surface area (Å²) in [5.41, 5.74) is 2.34. The minimum Gasteiger partial charge on any atom is -0.355 e. The van der Waals surface area contributed by atoms with Crippen LogP contribution >= 0.6 is 46.6 Å². The number of sulfonamides is 1. The monoisotopic (exact) mass is 522 g/mol. The fourth-order valence-corrected chi connectivity index (χ4v) is 5.47. The van der Waals surface area contributed by atoms with Crippen LogP contribution in [0.5, 0.6) is 0 Å². The van der Waals surface area contributed by atoms with Crippen molar-refractivity contribution in [1.82, 2.24) is 5.32 Å². The van der Waals surface area contributed by atoms with E-state index in [4.69, 9.17) is 34.8 Å². The van der Waals surface area contributed by atoms with Crippen molar-refractivity contribution in [3.8, 4) is 0 Å². The van der Waals surface area contributed by atoms with Crippen molar-refractivity contribution in [2.45, 2.75) is 25.5 Å². The van der Waals surface area contributed by atoms with Crippen molar-refractivity contribution in [2.24, 2.45) is 0 Å². The minimum atomic E-state index is -3.49. The first-order valence-corrected chi connectivity index (χ1v) is 13.7. The first kappa shape index (κ1) is 26.1. The molecule has 170 valence electrons. The van der Waals surface area contributed by atoms with Gasteiger partial charge in [0.2, 0.25) is 15.9 Å². The van der Waals surface area contributed by atoms with Gasteiger partial charge in [0.05, 0.1) is 11.9 Å². The van der Waals surface area contributed by atoms with Crippen molar-refractivity contribution in [3.05, 3.63) is 62.6 Å². The van der Waals surface area contributed by atoms with Crippen molar-refractivity contribution >= 4 is 68.2 Å². The van der Waals surface area contributed by atoms with E-state index in [1.165, 1.54) is 4.31 Å². The van der Waals surface area contributed by atoms with Gasteiger partial charge in [-0.1, -0.05) is 46.9 Å². The average molecular weight is 524 g/mol. The third-order valence-electron chi connectivity index (χ3n) is 4.45. The molecule has 0 radical (unpaired) electrons. The molecule has 0 aliphatic rings. The Bertz CT molecular complexity index is 1020. The molecule has 0 aliphatic heterocycles. The fraction of sp³-hybridized carbons (Fsp3) is 0.381. The van der Waals surface area contributed by atoms with Crippen LogP contribution < -0.4 is 9.62 Å². The molecule has 0 fully saturated rings. The largest absolute Gasteiger partial charge is 0.355 e. The second-order valence-electron chi connectivity index (χ2n) is 7.01. The Kier molecular flexibility index (Phi) is 10.3. The second-order valence-corrected chi connectivity index (χ2v) is 11.3. The second kappa shape index (κ2) is 12.2. The van der Waals surface area contributed by atoms with Crippen LogP contribution in [0.25, 0.3) is 0 Å². The Morgan fingerprint density at radius 1 is 1.10 bits per heavy atom. The normalized spacial score (nSPS) is 11.4. The molecule has 0 aromatic heterocycles. The summed E-state index contributed by atoms with van der Waals surface area (Å²) in [6.07, 6.45) is 1.79. The molecule has 10 heteroatoms. The van der Waals surface area contributed by atoms with Crippen LogP contribution in [-0.4, -0.2) is 39.4 Å². The van der Waals surface area contributed by atoms with E-state index >= 15 is 0 Å². The van der Waals surface area contributed by atoms with Gasteiger partial charge < -0.3 is 5.32 Å². The standard InChI is InChI=1S/C21H25Cl3N2O3S2/c1-15-5-7-18(23)13-20(15)26(31(2,28)29)10-3-4-21(27)25-9-11-30-14-16-6-8-17(22)12-19(16)24/h5-8,12-13H,3-4,9-11,14H2,1-2H3,(H,25,27).